The predicted molar refractivity (Wildman–Crippen MR) is 131 cm³/mol. The van der Waals surface area contributed by atoms with E-state index in [1.807, 2.05) is 42.5 Å². The zero-order valence-corrected chi connectivity index (χ0v) is 20.7. The molecule has 2 heterocycles. The molecule has 0 saturated carbocycles. The predicted octanol–water partition coefficient (Wildman–Crippen LogP) is 5.47. The van der Waals surface area contributed by atoms with Gasteiger partial charge in [0.1, 0.15) is 5.84 Å². The second kappa shape index (κ2) is 10.3. The molecule has 2 aliphatic rings. The van der Waals surface area contributed by atoms with Gasteiger partial charge in [-0.25, -0.2) is 5.01 Å². The molecule has 4 rings (SSSR count). The standard InChI is InChI=1S/C24H26ClF3N4O2S/c1-2-22(30-35(33,34)31-14-12-19(13-15-31)24(26,27)28)32-16-21(17-6-4-3-5-7-17)23(29-32)18-8-10-20(25)11-9-18/h3-11,19,21H,2,12-16H2,1H3/t21-/m1/s1. The van der Waals surface area contributed by atoms with Gasteiger partial charge in [-0.3, -0.25) is 0 Å². The van der Waals surface area contributed by atoms with Gasteiger partial charge in [-0.2, -0.15) is 31.0 Å². The van der Waals surface area contributed by atoms with Gasteiger partial charge in [0.2, 0.25) is 0 Å². The van der Waals surface area contributed by atoms with Gasteiger partial charge in [0, 0.05) is 30.5 Å². The van der Waals surface area contributed by atoms with Crippen LogP contribution in [0.25, 0.3) is 0 Å². The first kappa shape index (κ1) is 25.7. The van der Waals surface area contributed by atoms with Crippen molar-refractivity contribution in [2.45, 2.75) is 38.3 Å². The number of alkyl halides is 3. The van der Waals surface area contributed by atoms with Crippen molar-refractivity contribution in [3.8, 4) is 0 Å². The van der Waals surface area contributed by atoms with Crippen LogP contribution in [-0.4, -0.2) is 55.1 Å². The SMILES string of the molecule is CCC(=NS(=O)(=O)N1CCC(C(F)(F)F)CC1)N1C[C@H](c2ccccc2)C(c2ccc(Cl)cc2)=N1. The first-order chi connectivity index (χ1) is 16.6. The van der Waals surface area contributed by atoms with Crippen LogP contribution in [0.15, 0.2) is 64.1 Å². The third-order valence-electron chi connectivity index (χ3n) is 6.33. The summed E-state index contributed by atoms with van der Waals surface area (Å²) >= 11 is 6.05. The zero-order chi connectivity index (χ0) is 25.2. The van der Waals surface area contributed by atoms with Crippen LogP contribution in [0.4, 0.5) is 13.2 Å². The molecule has 0 spiro atoms. The van der Waals surface area contributed by atoms with E-state index >= 15 is 0 Å². The molecule has 2 aromatic rings. The summed E-state index contributed by atoms with van der Waals surface area (Å²) in [6.07, 6.45) is -4.56. The van der Waals surface area contributed by atoms with Crippen molar-refractivity contribution >= 4 is 33.4 Å². The van der Waals surface area contributed by atoms with Crippen molar-refractivity contribution < 1.29 is 21.6 Å². The van der Waals surface area contributed by atoms with Crippen molar-refractivity contribution in [3.63, 3.8) is 0 Å². The first-order valence-electron chi connectivity index (χ1n) is 11.4. The molecule has 0 radical (unpaired) electrons. The Labute approximate surface area is 208 Å². The largest absolute Gasteiger partial charge is 0.391 e. The van der Waals surface area contributed by atoms with Crippen LogP contribution in [0.2, 0.25) is 5.02 Å². The van der Waals surface area contributed by atoms with E-state index in [9.17, 15) is 21.6 Å². The number of hydrogen-bond acceptors (Lipinski definition) is 3. The van der Waals surface area contributed by atoms with Crippen molar-refractivity contribution in [1.29, 1.82) is 0 Å². The lowest BCUT2D eigenvalue weighted by atomic mass is 9.91. The molecule has 1 fully saturated rings. The van der Waals surface area contributed by atoms with E-state index in [4.69, 9.17) is 16.7 Å². The van der Waals surface area contributed by atoms with Gasteiger partial charge in [-0.15, -0.1) is 4.40 Å². The molecule has 0 bridgehead atoms. The van der Waals surface area contributed by atoms with E-state index < -0.39 is 22.3 Å². The molecule has 1 atom stereocenters. The third kappa shape index (κ3) is 5.87. The molecule has 6 nitrogen and oxygen atoms in total. The number of hydrazone groups is 1. The second-order valence-corrected chi connectivity index (χ2v) is 10.6. The highest BCUT2D eigenvalue weighted by Crippen LogP contribution is 2.35. The molecular weight excluding hydrogens is 501 g/mol. The zero-order valence-electron chi connectivity index (χ0n) is 19.1. The first-order valence-corrected chi connectivity index (χ1v) is 13.2. The van der Waals surface area contributed by atoms with Crippen molar-refractivity contribution in [2.24, 2.45) is 15.4 Å². The van der Waals surface area contributed by atoms with Gasteiger partial charge in [0.05, 0.1) is 18.2 Å². The summed E-state index contributed by atoms with van der Waals surface area (Å²) in [5.74, 6) is -1.37. The smallest absolute Gasteiger partial charge is 0.249 e. The average molecular weight is 527 g/mol. The molecule has 0 aromatic heterocycles. The number of rotatable bonds is 5. The number of nitrogens with zero attached hydrogens (tertiary/aromatic N) is 4. The quantitative estimate of drug-likeness (QED) is 0.383. The summed E-state index contributed by atoms with van der Waals surface area (Å²) in [6.45, 7) is 1.75. The second-order valence-electron chi connectivity index (χ2n) is 8.59. The molecule has 2 aliphatic heterocycles. The molecule has 0 N–H and O–H groups in total. The molecule has 2 aromatic carbocycles. The maximum absolute atomic E-state index is 13.0. The summed E-state index contributed by atoms with van der Waals surface area (Å²) in [6, 6.07) is 17.0. The summed E-state index contributed by atoms with van der Waals surface area (Å²) in [4.78, 5) is 0. The monoisotopic (exact) mass is 526 g/mol. The fourth-order valence-corrected chi connectivity index (χ4v) is 5.79. The van der Waals surface area contributed by atoms with Crippen LogP contribution in [0, 0.1) is 5.92 Å². The van der Waals surface area contributed by atoms with Crippen LogP contribution in [0.5, 0.6) is 0 Å². The highest BCUT2D eigenvalue weighted by Gasteiger charge is 2.43. The Morgan fingerprint density at radius 1 is 1.09 bits per heavy atom. The summed E-state index contributed by atoms with van der Waals surface area (Å²) in [7, 11) is -4.15. The minimum atomic E-state index is -4.32. The van der Waals surface area contributed by atoms with Crippen molar-refractivity contribution in [3.05, 3.63) is 70.7 Å². The van der Waals surface area contributed by atoms with Crippen LogP contribution >= 0.6 is 11.6 Å². The Bertz CT molecular complexity index is 1190. The topological polar surface area (TPSA) is 65.3 Å². The fourth-order valence-electron chi connectivity index (χ4n) is 4.39. The third-order valence-corrected chi connectivity index (χ3v) is 8.05. The Hall–Kier alpha value is -2.43. The molecule has 35 heavy (non-hydrogen) atoms. The molecule has 0 amide bonds. The lowest BCUT2D eigenvalue weighted by Gasteiger charge is -2.31. The van der Waals surface area contributed by atoms with Gasteiger partial charge < -0.3 is 0 Å². The van der Waals surface area contributed by atoms with Gasteiger partial charge in [0.25, 0.3) is 0 Å². The lowest BCUT2D eigenvalue weighted by molar-refractivity contribution is -0.182. The minimum absolute atomic E-state index is 0.126. The Balaban J connectivity index is 1.61. The number of halogens is 4. The number of hydrogen-bond donors (Lipinski definition) is 0. The number of benzene rings is 2. The highest BCUT2D eigenvalue weighted by atomic mass is 35.5. The van der Waals surface area contributed by atoms with E-state index in [1.165, 1.54) is 0 Å². The molecule has 0 aliphatic carbocycles. The van der Waals surface area contributed by atoms with Crippen LogP contribution in [0.1, 0.15) is 43.2 Å². The van der Waals surface area contributed by atoms with Gasteiger partial charge in [0.15, 0.2) is 0 Å². The lowest BCUT2D eigenvalue weighted by Crippen LogP contribution is -2.42. The minimum Gasteiger partial charge on any atom is -0.249 e. The maximum Gasteiger partial charge on any atom is 0.391 e. The van der Waals surface area contributed by atoms with E-state index in [2.05, 4.69) is 4.40 Å². The van der Waals surface area contributed by atoms with Crippen LogP contribution in [-0.2, 0) is 10.2 Å². The Morgan fingerprint density at radius 3 is 2.29 bits per heavy atom. The Morgan fingerprint density at radius 2 is 1.71 bits per heavy atom. The van der Waals surface area contributed by atoms with Crippen LogP contribution in [0.3, 0.4) is 0 Å². The normalized spacial score (nSPS) is 20.8. The molecule has 1 saturated heterocycles. The maximum atomic E-state index is 13.0. The average Bonchev–Trinajstić information content (AvgIpc) is 3.28. The van der Waals surface area contributed by atoms with E-state index in [-0.39, 0.29) is 44.1 Å². The van der Waals surface area contributed by atoms with Gasteiger partial charge in [-0.1, -0.05) is 61.0 Å². The number of amidine groups is 1. The van der Waals surface area contributed by atoms with E-state index in [0.717, 1.165) is 21.1 Å². The van der Waals surface area contributed by atoms with E-state index in [0.29, 0.717) is 11.6 Å². The summed E-state index contributed by atoms with van der Waals surface area (Å²) in [5, 5.41) is 6.91. The van der Waals surface area contributed by atoms with Crippen LogP contribution < -0.4 is 0 Å². The van der Waals surface area contributed by atoms with Crippen molar-refractivity contribution in [1.82, 2.24) is 9.31 Å². The van der Waals surface area contributed by atoms with E-state index in [1.54, 1.807) is 24.1 Å². The molecule has 188 valence electrons. The number of piperidine rings is 1. The summed E-state index contributed by atoms with van der Waals surface area (Å²) in [5.41, 5.74) is 2.65. The Kier molecular flexibility index (Phi) is 7.54. The highest BCUT2D eigenvalue weighted by molar-refractivity contribution is 7.87. The summed E-state index contributed by atoms with van der Waals surface area (Å²) < 4.78 is 70.0. The fraction of sp³-hybridized carbons (Fsp3) is 0.417. The van der Waals surface area contributed by atoms with Gasteiger partial charge in [-0.05, 0) is 36.1 Å². The van der Waals surface area contributed by atoms with Crippen molar-refractivity contribution in [2.75, 3.05) is 19.6 Å². The molecule has 0 unspecified atom stereocenters. The van der Waals surface area contributed by atoms with Gasteiger partial charge >= 0.3 is 16.4 Å². The molecular formula is C24H26ClF3N4O2S. The molecule has 11 heteroatoms.